The molecule has 0 aliphatic carbocycles. The molecule has 0 radical (unpaired) electrons. The molecule has 124 valence electrons. The van der Waals surface area contributed by atoms with Crippen LogP contribution in [0, 0.1) is 5.82 Å². The zero-order chi connectivity index (χ0) is 17.2. The van der Waals surface area contributed by atoms with Gasteiger partial charge in [-0.2, -0.15) is 13.2 Å². The third-order valence-electron chi connectivity index (χ3n) is 3.22. The van der Waals surface area contributed by atoms with E-state index in [1.54, 1.807) is 6.92 Å². The van der Waals surface area contributed by atoms with Crippen molar-refractivity contribution in [3.63, 3.8) is 0 Å². The first-order valence-electron chi connectivity index (χ1n) is 6.61. The maximum Gasteiger partial charge on any atom is 0.417 e. The van der Waals surface area contributed by atoms with E-state index >= 15 is 0 Å². The fraction of sp³-hybridized carbons (Fsp3) is 0.267. The van der Waals surface area contributed by atoms with E-state index in [0.717, 1.165) is 6.07 Å². The fourth-order valence-corrected chi connectivity index (χ4v) is 2.16. The first-order valence-corrected chi connectivity index (χ1v) is 6.99. The summed E-state index contributed by atoms with van der Waals surface area (Å²) in [7, 11) is 0. The molecule has 8 heteroatoms. The summed E-state index contributed by atoms with van der Waals surface area (Å²) in [6, 6.07) is 5.39. The van der Waals surface area contributed by atoms with Gasteiger partial charge in [0.2, 0.25) is 0 Å². The van der Waals surface area contributed by atoms with Crippen molar-refractivity contribution in [1.82, 2.24) is 4.98 Å². The number of nitrogens with zero attached hydrogens (tertiary/aromatic N) is 1. The summed E-state index contributed by atoms with van der Waals surface area (Å²) < 4.78 is 50.5. The number of halogens is 5. The number of anilines is 1. The number of hydrogen-bond donors (Lipinski definition) is 2. The maximum atomic E-state index is 12.9. The molecule has 1 aromatic carbocycles. The van der Waals surface area contributed by atoms with Gasteiger partial charge in [-0.1, -0.05) is 23.7 Å². The van der Waals surface area contributed by atoms with Crippen LogP contribution in [0.15, 0.2) is 36.5 Å². The molecular weight excluding hydrogens is 336 g/mol. The van der Waals surface area contributed by atoms with Crippen molar-refractivity contribution in [2.45, 2.75) is 25.2 Å². The van der Waals surface area contributed by atoms with Crippen molar-refractivity contribution in [3.05, 3.63) is 58.5 Å². The summed E-state index contributed by atoms with van der Waals surface area (Å²) in [5.74, 6) is -0.414. The van der Waals surface area contributed by atoms with E-state index in [1.165, 1.54) is 24.3 Å². The van der Waals surface area contributed by atoms with Crippen molar-refractivity contribution in [2.24, 2.45) is 0 Å². The lowest BCUT2D eigenvalue weighted by atomic mass is 10.0. The second-order valence-electron chi connectivity index (χ2n) is 4.98. The smallest absolute Gasteiger partial charge is 0.386 e. The van der Waals surface area contributed by atoms with E-state index in [4.69, 9.17) is 11.6 Å². The summed E-state index contributed by atoms with van der Waals surface area (Å²) in [5, 5.41) is 12.7. The quantitative estimate of drug-likeness (QED) is 0.804. The second kappa shape index (κ2) is 6.72. The van der Waals surface area contributed by atoms with Crippen LogP contribution < -0.4 is 5.32 Å². The summed E-state index contributed by atoms with van der Waals surface area (Å²) in [6.07, 6.45) is -4.89. The molecule has 0 fully saturated rings. The molecule has 0 amide bonds. The van der Waals surface area contributed by atoms with Crippen LogP contribution in [0.5, 0.6) is 0 Å². The zero-order valence-electron chi connectivity index (χ0n) is 11.9. The van der Waals surface area contributed by atoms with Crippen molar-refractivity contribution in [1.29, 1.82) is 0 Å². The van der Waals surface area contributed by atoms with Gasteiger partial charge in [-0.15, -0.1) is 0 Å². The SMILES string of the molecule is C[C@@H](Nc1ncc(C(F)(F)F)cc1Cl)[C@@H](O)c1ccc(F)cc1. The Labute approximate surface area is 134 Å². The molecule has 0 aliphatic rings. The van der Waals surface area contributed by atoms with Gasteiger partial charge in [0.15, 0.2) is 0 Å². The van der Waals surface area contributed by atoms with Crippen LogP contribution >= 0.6 is 11.6 Å². The van der Waals surface area contributed by atoms with E-state index in [9.17, 15) is 22.7 Å². The Morgan fingerprint density at radius 2 is 1.83 bits per heavy atom. The highest BCUT2D eigenvalue weighted by molar-refractivity contribution is 6.33. The molecule has 1 aromatic heterocycles. The zero-order valence-corrected chi connectivity index (χ0v) is 12.7. The van der Waals surface area contributed by atoms with Crippen LogP contribution in [0.2, 0.25) is 5.02 Å². The van der Waals surface area contributed by atoms with Crippen molar-refractivity contribution in [3.8, 4) is 0 Å². The topological polar surface area (TPSA) is 45.2 Å². The predicted molar refractivity (Wildman–Crippen MR) is 78.7 cm³/mol. The lowest BCUT2D eigenvalue weighted by Crippen LogP contribution is -2.25. The number of aliphatic hydroxyl groups is 1. The third kappa shape index (κ3) is 4.33. The Kier molecular flexibility index (Phi) is 5.11. The normalized spacial score (nSPS) is 14.4. The lowest BCUT2D eigenvalue weighted by molar-refractivity contribution is -0.137. The van der Waals surface area contributed by atoms with Crippen LogP contribution in [0.3, 0.4) is 0 Å². The van der Waals surface area contributed by atoms with Crippen LogP contribution in [-0.4, -0.2) is 16.1 Å². The van der Waals surface area contributed by atoms with Crippen LogP contribution in [0.1, 0.15) is 24.2 Å². The lowest BCUT2D eigenvalue weighted by Gasteiger charge is -2.22. The number of alkyl halides is 3. The van der Waals surface area contributed by atoms with Gasteiger partial charge in [0.05, 0.1) is 22.7 Å². The van der Waals surface area contributed by atoms with Crippen LogP contribution in [0.4, 0.5) is 23.4 Å². The number of nitrogens with one attached hydrogen (secondary N) is 1. The summed E-state index contributed by atoms with van der Waals surface area (Å²) >= 11 is 5.79. The molecule has 0 saturated carbocycles. The van der Waals surface area contributed by atoms with Gasteiger partial charge in [0.1, 0.15) is 11.6 Å². The highest BCUT2D eigenvalue weighted by Gasteiger charge is 2.31. The van der Waals surface area contributed by atoms with E-state index < -0.39 is 29.7 Å². The Balaban J connectivity index is 2.13. The minimum Gasteiger partial charge on any atom is -0.386 e. The molecule has 2 atom stereocenters. The number of rotatable bonds is 4. The molecule has 0 unspecified atom stereocenters. The number of benzene rings is 1. The molecule has 3 nitrogen and oxygen atoms in total. The van der Waals surface area contributed by atoms with Gasteiger partial charge in [-0.25, -0.2) is 9.37 Å². The number of aliphatic hydroxyl groups excluding tert-OH is 1. The van der Waals surface area contributed by atoms with Crippen LogP contribution in [-0.2, 0) is 6.18 Å². The average Bonchev–Trinajstić information content (AvgIpc) is 2.48. The maximum absolute atomic E-state index is 12.9. The van der Waals surface area contributed by atoms with Gasteiger partial charge >= 0.3 is 6.18 Å². The summed E-state index contributed by atoms with van der Waals surface area (Å²) in [6.45, 7) is 1.60. The predicted octanol–water partition coefficient (Wildman–Crippen LogP) is 4.43. The van der Waals surface area contributed by atoms with Crippen molar-refractivity contribution >= 4 is 17.4 Å². The number of hydrogen-bond acceptors (Lipinski definition) is 3. The minimum atomic E-state index is -4.53. The third-order valence-corrected chi connectivity index (χ3v) is 3.51. The number of aromatic nitrogens is 1. The van der Waals surface area contributed by atoms with E-state index in [1.807, 2.05) is 0 Å². The molecule has 0 saturated heterocycles. The van der Waals surface area contributed by atoms with Crippen LogP contribution in [0.25, 0.3) is 0 Å². The largest absolute Gasteiger partial charge is 0.417 e. The second-order valence-corrected chi connectivity index (χ2v) is 5.39. The summed E-state index contributed by atoms with van der Waals surface area (Å²) in [5.41, 5.74) is -0.505. The molecule has 23 heavy (non-hydrogen) atoms. The molecule has 0 aliphatic heterocycles. The van der Waals surface area contributed by atoms with Gasteiger partial charge in [-0.3, -0.25) is 0 Å². The molecule has 0 spiro atoms. The van der Waals surface area contributed by atoms with Gasteiger partial charge in [0, 0.05) is 6.20 Å². The number of pyridine rings is 1. The highest BCUT2D eigenvalue weighted by Crippen LogP contribution is 2.33. The monoisotopic (exact) mass is 348 g/mol. The van der Waals surface area contributed by atoms with Gasteiger partial charge in [0.25, 0.3) is 0 Å². The van der Waals surface area contributed by atoms with E-state index in [-0.39, 0.29) is 10.8 Å². The molecule has 0 bridgehead atoms. The first-order chi connectivity index (χ1) is 10.7. The fourth-order valence-electron chi connectivity index (χ4n) is 1.94. The highest BCUT2D eigenvalue weighted by atomic mass is 35.5. The molecule has 1 heterocycles. The van der Waals surface area contributed by atoms with Crippen molar-refractivity contribution < 1.29 is 22.7 Å². The standard InChI is InChI=1S/C15H13ClF4N2O/c1-8(13(23)9-2-4-11(17)5-3-9)22-14-12(16)6-10(7-21-14)15(18,19)20/h2-8,13,23H,1H3,(H,21,22)/t8-,13-/m1/s1. The Hall–Kier alpha value is -1.86. The van der Waals surface area contributed by atoms with E-state index in [2.05, 4.69) is 10.3 Å². The van der Waals surface area contributed by atoms with Crippen molar-refractivity contribution in [2.75, 3.05) is 5.32 Å². The first kappa shape index (κ1) is 17.5. The Bertz CT molecular complexity index is 676. The van der Waals surface area contributed by atoms with E-state index in [0.29, 0.717) is 11.8 Å². The molecule has 2 aromatic rings. The molecular formula is C15H13ClF4N2O. The van der Waals surface area contributed by atoms with Gasteiger partial charge in [-0.05, 0) is 30.7 Å². The molecule has 2 N–H and O–H groups in total. The Morgan fingerprint density at radius 1 is 1.22 bits per heavy atom. The summed E-state index contributed by atoms with van der Waals surface area (Å²) in [4.78, 5) is 3.64. The van der Waals surface area contributed by atoms with Gasteiger partial charge < -0.3 is 10.4 Å². The average molecular weight is 349 g/mol. The minimum absolute atomic E-state index is 0.0216. The molecule has 2 rings (SSSR count). The Morgan fingerprint density at radius 3 is 2.35 bits per heavy atom.